The van der Waals surface area contributed by atoms with Crippen molar-refractivity contribution in [1.82, 2.24) is 20.0 Å². The summed E-state index contributed by atoms with van der Waals surface area (Å²) in [7, 11) is 1.63. The number of aromatic nitrogens is 3. The van der Waals surface area contributed by atoms with Crippen LogP contribution in [0.25, 0.3) is 11.4 Å². The summed E-state index contributed by atoms with van der Waals surface area (Å²) < 4.78 is 21.6. The van der Waals surface area contributed by atoms with Gasteiger partial charge in [-0.25, -0.2) is 4.98 Å². The summed E-state index contributed by atoms with van der Waals surface area (Å²) in [6.45, 7) is 2.42. The lowest BCUT2D eigenvalue weighted by Crippen LogP contribution is -2.22. The second-order valence-electron chi connectivity index (χ2n) is 6.84. The highest BCUT2D eigenvalue weighted by Crippen LogP contribution is 2.33. The number of hydrogen-bond acceptors (Lipinski definition) is 9. The molecule has 1 fully saturated rings. The van der Waals surface area contributed by atoms with Crippen molar-refractivity contribution in [1.29, 1.82) is 0 Å². The molecule has 1 aliphatic heterocycles. The highest BCUT2D eigenvalue weighted by atomic mass is 16.5. The molecule has 3 aromatic heterocycles. The third-order valence-electron chi connectivity index (χ3n) is 4.85. The van der Waals surface area contributed by atoms with Crippen LogP contribution in [-0.2, 0) is 17.9 Å². The molecule has 1 N–H and O–H groups in total. The summed E-state index contributed by atoms with van der Waals surface area (Å²) in [5.41, 5.74) is 0.766. The molecule has 3 aromatic rings. The zero-order valence-corrected chi connectivity index (χ0v) is 16.3. The zero-order valence-electron chi connectivity index (χ0n) is 16.3. The van der Waals surface area contributed by atoms with Crippen molar-refractivity contribution >= 4 is 0 Å². The van der Waals surface area contributed by atoms with E-state index < -0.39 is 0 Å². The Morgan fingerprint density at radius 3 is 2.86 bits per heavy atom. The van der Waals surface area contributed by atoms with E-state index in [1.807, 2.05) is 12.1 Å². The van der Waals surface area contributed by atoms with Gasteiger partial charge in [0.1, 0.15) is 24.7 Å². The number of nitrogens with zero attached hydrogens (tertiary/aromatic N) is 4. The Morgan fingerprint density at radius 2 is 2.10 bits per heavy atom. The summed E-state index contributed by atoms with van der Waals surface area (Å²) in [6.07, 6.45) is 3.66. The van der Waals surface area contributed by atoms with Crippen LogP contribution >= 0.6 is 0 Å². The van der Waals surface area contributed by atoms with Crippen molar-refractivity contribution in [3.05, 3.63) is 47.9 Å². The third kappa shape index (κ3) is 4.64. The van der Waals surface area contributed by atoms with E-state index in [2.05, 4.69) is 20.0 Å². The van der Waals surface area contributed by atoms with Gasteiger partial charge in [0, 0.05) is 24.9 Å². The van der Waals surface area contributed by atoms with Crippen molar-refractivity contribution in [3.63, 3.8) is 0 Å². The average Bonchev–Trinajstić information content (AvgIpc) is 3.50. The standard InChI is InChI=1S/C20H24N4O5/c1-26-9-10-27-18-7-4-14(11-21-18)19-22-20(29-23-19)17-3-2-8-24(17)12-15-5-6-16(13-25)28-15/h4-7,11,17,25H,2-3,8-10,12-13H2,1H3/t17-/m1/s1. The number of aliphatic hydroxyl groups is 1. The molecule has 0 radical (unpaired) electrons. The normalized spacial score (nSPS) is 17.1. The molecule has 0 amide bonds. The molecule has 1 saturated heterocycles. The summed E-state index contributed by atoms with van der Waals surface area (Å²) in [5.74, 6) is 3.00. The molecule has 0 unspecified atom stereocenters. The maximum absolute atomic E-state index is 9.16. The molecule has 0 spiro atoms. The number of hydrogen-bond donors (Lipinski definition) is 1. The monoisotopic (exact) mass is 400 g/mol. The van der Waals surface area contributed by atoms with Crippen LogP contribution in [-0.4, -0.2) is 52.0 Å². The molecule has 29 heavy (non-hydrogen) atoms. The van der Waals surface area contributed by atoms with Crippen LogP contribution in [0, 0.1) is 0 Å². The quantitative estimate of drug-likeness (QED) is 0.542. The molecule has 4 heterocycles. The van der Waals surface area contributed by atoms with Crippen molar-refractivity contribution in [2.45, 2.75) is 32.0 Å². The third-order valence-corrected chi connectivity index (χ3v) is 4.85. The molecule has 1 atom stereocenters. The van der Waals surface area contributed by atoms with Gasteiger partial charge in [0.25, 0.3) is 0 Å². The Bertz CT molecular complexity index is 908. The minimum Gasteiger partial charge on any atom is -0.475 e. The number of ether oxygens (including phenoxy) is 2. The van der Waals surface area contributed by atoms with Gasteiger partial charge >= 0.3 is 0 Å². The van der Waals surface area contributed by atoms with Gasteiger partial charge in [0.05, 0.1) is 19.2 Å². The molecule has 9 heteroatoms. The van der Waals surface area contributed by atoms with Crippen LogP contribution in [0.4, 0.5) is 0 Å². The van der Waals surface area contributed by atoms with Crippen LogP contribution in [0.2, 0.25) is 0 Å². The van der Waals surface area contributed by atoms with Crippen LogP contribution < -0.4 is 4.74 Å². The van der Waals surface area contributed by atoms with Gasteiger partial charge in [0.15, 0.2) is 0 Å². The molecular weight excluding hydrogens is 376 g/mol. The Hall–Kier alpha value is -2.75. The van der Waals surface area contributed by atoms with Gasteiger partial charge in [0.2, 0.25) is 17.6 Å². The molecule has 1 aliphatic rings. The summed E-state index contributed by atoms with van der Waals surface area (Å²) in [4.78, 5) is 11.1. The first kappa shape index (κ1) is 19.6. The molecule has 0 saturated carbocycles. The van der Waals surface area contributed by atoms with E-state index in [4.69, 9.17) is 23.5 Å². The highest BCUT2D eigenvalue weighted by Gasteiger charge is 2.31. The number of rotatable bonds is 9. The molecule has 4 rings (SSSR count). The predicted octanol–water partition coefficient (Wildman–Crippen LogP) is 2.58. The second-order valence-corrected chi connectivity index (χ2v) is 6.84. The van der Waals surface area contributed by atoms with Crippen molar-refractivity contribution in [2.24, 2.45) is 0 Å². The van der Waals surface area contributed by atoms with Gasteiger partial charge in [-0.2, -0.15) is 4.98 Å². The largest absolute Gasteiger partial charge is 0.475 e. The average molecular weight is 400 g/mol. The van der Waals surface area contributed by atoms with E-state index in [0.29, 0.717) is 43.1 Å². The van der Waals surface area contributed by atoms with E-state index in [0.717, 1.165) is 30.7 Å². The SMILES string of the molecule is COCCOc1ccc(-c2noc([C@H]3CCCN3Cc3ccc(CO)o3)n2)cn1. The molecular formula is C20H24N4O5. The Balaban J connectivity index is 1.42. The van der Waals surface area contributed by atoms with Gasteiger partial charge in [-0.05, 0) is 37.6 Å². The lowest BCUT2D eigenvalue weighted by atomic mass is 10.2. The second kappa shape index (κ2) is 9.17. The smallest absolute Gasteiger partial charge is 0.244 e. The van der Waals surface area contributed by atoms with Gasteiger partial charge < -0.3 is 23.5 Å². The Labute approximate surface area is 168 Å². The molecule has 154 valence electrons. The highest BCUT2D eigenvalue weighted by molar-refractivity contribution is 5.53. The maximum atomic E-state index is 9.16. The molecule has 0 aliphatic carbocycles. The van der Waals surface area contributed by atoms with Crippen LogP contribution in [0.1, 0.15) is 36.3 Å². The van der Waals surface area contributed by atoms with E-state index in [9.17, 15) is 0 Å². The number of furan rings is 1. The van der Waals surface area contributed by atoms with Gasteiger partial charge in [-0.15, -0.1) is 0 Å². The van der Waals surface area contributed by atoms with Crippen LogP contribution in [0.5, 0.6) is 5.88 Å². The van der Waals surface area contributed by atoms with E-state index in [-0.39, 0.29) is 12.6 Å². The van der Waals surface area contributed by atoms with E-state index in [1.54, 1.807) is 25.4 Å². The van der Waals surface area contributed by atoms with Gasteiger partial charge in [-0.1, -0.05) is 5.16 Å². The first-order valence-corrected chi connectivity index (χ1v) is 9.61. The van der Waals surface area contributed by atoms with Crippen molar-refractivity contribution in [2.75, 3.05) is 26.9 Å². The molecule has 0 aromatic carbocycles. The summed E-state index contributed by atoms with van der Waals surface area (Å²) >= 11 is 0. The summed E-state index contributed by atoms with van der Waals surface area (Å²) in [5, 5.41) is 13.3. The minimum atomic E-state index is -0.0965. The fraction of sp³-hybridized carbons (Fsp3) is 0.450. The lowest BCUT2D eigenvalue weighted by Gasteiger charge is -2.19. The molecule has 9 nitrogen and oxygen atoms in total. The Morgan fingerprint density at radius 1 is 1.21 bits per heavy atom. The fourth-order valence-electron chi connectivity index (χ4n) is 3.40. The van der Waals surface area contributed by atoms with Crippen LogP contribution in [0.3, 0.4) is 0 Å². The zero-order chi connectivity index (χ0) is 20.1. The number of likely N-dealkylation sites (tertiary alicyclic amines) is 1. The number of methoxy groups -OCH3 is 1. The lowest BCUT2D eigenvalue weighted by molar-refractivity contribution is 0.144. The number of pyridine rings is 1. The van der Waals surface area contributed by atoms with Crippen LogP contribution in [0.15, 0.2) is 39.4 Å². The van der Waals surface area contributed by atoms with E-state index in [1.165, 1.54) is 0 Å². The number of aliphatic hydroxyl groups excluding tert-OH is 1. The first-order valence-electron chi connectivity index (χ1n) is 9.61. The van der Waals surface area contributed by atoms with Crippen molar-refractivity contribution in [3.8, 4) is 17.3 Å². The minimum absolute atomic E-state index is 0.0449. The predicted molar refractivity (Wildman–Crippen MR) is 102 cm³/mol. The molecule has 0 bridgehead atoms. The van der Waals surface area contributed by atoms with Gasteiger partial charge in [-0.3, -0.25) is 4.90 Å². The summed E-state index contributed by atoms with van der Waals surface area (Å²) in [6, 6.07) is 7.36. The van der Waals surface area contributed by atoms with Crippen molar-refractivity contribution < 1.29 is 23.5 Å². The van der Waals surface area contributed by atoms with E-state index >= 15 is 0 Å². The Kier molecular flexibility index (Phi) is 6.18. The first-order chi connectivity index (χ1) is 14.3. The topological polar surface area (TPSA) is 107 Å². The maximum Gasteiger partial charge on any atom is 0.244 e. The fourth-order valence-corrected chi connectivity index (χ4v) is 3.40.